The van der Waals surface area contributed by atoms with Crippen LogP contribution in [0.2, 0.25) is 0 Å². The molecule has 0 heterocycles. The van der Waals surface area contributed by atoms with E-state index in [2.05, 4.69) is 5.32 Å². The van der Waals surface area contributed by atoms with Gasteiger partial charge < -0.3 is 10.1 Å². The zero-order chi connectivity index (χ0) is 14.5. The summed E-state index contributed by atoms with van der Waals surface area (Å²) in [6, 6.07) is 5.15. The first-order valence-corrected chi connectivity index (χ1v) is 6.37. The van der Waals surface area contributed by atoms with Crippen LogP contribution in [-0.2, 0) is 10.9 Å². The van der Waals surface area contributed by atoms with Crippen molar-refractivity contribution in [1.82, 2.24) is 5.32 Å². The van der Waals surface area contributed by atoms with Crippen LogP contribution in [0.1, 0.15) is 37.4 Å². The summed E-state index contributed by atoms with van der Waals surface area (Å²) < 4.78 is 42.9. The van der Waals surface area contributed by atoms with Crippen LogP contribution >= 0.6 is 0 Å². The normalized spacial score (nSPS) is 15.3. The number of hydrogen-bond acceptors (Lipinski definition) is 2. The average molecular weight is 275 g/mol. The minimum atomic E-state index is -4.29. The molecular formula is C14H20F3NO. The summed E-state index contributed by atoms with van der Waals surface area (Å²) in [5.41, 5.74) is 0.181. The average Bonchev–Trinajstić information content (AvgIpc) is 2.38. The van der Waals surface area contributed by atoms with E-state index in [1.807, 2.05) is 13.8 Å². The van der Waals surface area contributed by atoms with E-state index in [0.29, 0.717) is 0 Å². The Morgan fingerprint density at radius 2 is 1.74 bits per heavy atom. The molecule has 0 fully saturated rings. The van der Waals surface area contributed by atoms with Crippen LogP contribution in [0.4, 0.5) is 13.2 Å². The van der Waals surface area contributed by atoms with Gasteiger partial charge in [0.1, 0.15) is 0 Å². The van der Waals surface area contributed by atoms with Gasteiger partial charge in [0.05, 0.1) is 17.7 Å². The number of likely N-dealkylation sites (N-methyl/N-ethyl adjacent to an activating group) is 1. The van der Waals surface area contributed by atoms with Gasteiger partial charge in [-0.25, -0.2) is 0 Å². The molecule has 1 aromatic rings. The highest BCUT2D eigenvalue weighted by atomic mass is 19.4. The summed E-state index contributed by atoms with van der Waals surface area (Å²) in [5, 5.41) is 3.25. The van der Waals surface area contributed by atoms with Crippen LogP contribution in [0, 0.1) is 0 Å². The van der Waals surface area contributed by atoms with Gasteiger partial charge in [-0.05, 0) is 30.7 Å². The van der Waals surface area contributed by atoms with Gasteiger partial charge in [-0.1, -0.05) is 26.0 Å². The number of halogens is 3. The Balaban J connectivity index is 2.97. The molecule has 0 bridgehead atoms. The summed E-state index contributed by atoms with van der Waals surface area (Å²) in [6.45, 7) is 4.67. The second-order valence-electron chi connectivity index (χ2n) is 4.34. The SMILES string of the molecule is CCNC(c1ccc(C(F)(F)F)cc1)C(CC)OC. The lowest BCUT2D eigenvalue weighted by atomic mass is 9.98. The Morgan fingerprint density at radius 1 is 1.16 bits per heavy atom. The molecular weight excluding hydrogens is 255 g/mol. The maximum absolute atomic E-state index is 12.5. The van der Waals surface area contributed by atoms with Gasteiger partial charge in [-0.15, -0.1) is 0 Å². The Labute approximate surface area is 112 Å². The van der Waals surface area contributed by atoms with E-state index < -0.39 is 11.7 Å². The summed E-state index contributed by atoms with van der Waals surface area (Å²) in [5.74, 6) is 0. The van der Waals surface area contributed by atoms with E-state index in [0.717, 1.165) is 30.7 Å². The minimum absolute atomic E-state index is 0.0586. The van der Waals surface area contributed by atoms with Crippen molar-refractivity contribution >= 4 is 0 Å². The standard InChI is InChI=1S/C14H20F3NO/c1-4-12(19-3)13(18-5-2)10-6-8-11(9-7-10)14(15,16)17/h6-9,12-13,18H,4-5H2,1-3H3. The quantitative estimate of drug-likeness (QED) is 0.853. The van der Waals surface area contributed by atoms with Crippen LogP contribution in [0.15, 0.2) is 24.3 Å². The Hall–Kier alpha value is -1.07. The molecule has 2 atom stereocenters. The van der Waals surface area contributed by atoms with Crippen molar-refractivity contribution in [3.8, 4) is 0 Å². The van der Waals surface area contributed by atoms with Crippen LogP contribution < -0.4 is 5.32 Å². The van der Waals surface area contributed by atoms with Gasteiger partial charge in [0.15, 0.2) is 0 Å². The van der Waals surface area contributed by atoms with Crippen molar-refractivity contribution in [2.45, 2.75) is 38.6 Å². The molecule has 0 saturated heterocycles. The van der Waals surface area contributed by atoms with Crippen molar-refractivity contribution in [2.75, 3.05) is 13.7 Å². The summed E-state index contributed by atoms with van der Waals surface area (Å²) in [4.78, 5) is 0. The predicted octanol–water partition coefficient (Wildman–Crippen LogP) is 3.78. The number of benzene rings is 1. The predicted molar refractivity (Wildman–Crippen MR) is 68.9 cm³/mol. The van der Waals surface area contributed by atoms with Gasteiger partial charge in [0, 0.05) is 7.11 Å². The van der Waals surface area contributed by atoms with E-state index in [4.69, 9.17) is 4.74 Å². The first kappa shape index (κ1) is 16.0. The third kappa shape index (κ3) is 4.21. The number of nitrogens with one attached hydrogen (secondary N) is 1. The maximum atomic E-state index is 12.5. The van der Waals surface area contributed by atoms with E-state index in [-0.39, 0.29) is 12.1 Å². The fraction of sp³-hybridized carbons (Fsp3) is 0.571. The van der Waals surface area contributed by atoms with Crippen molar-refractivity contribution < 1.29 is 17.9 Å². The number of hydrogen-bond donors (Lipinski definition) is 1. The van der Waals surface area contributed by atoms with Gasteiger partial charge in [0.2, 0.25) is 0 Å². The molecule has 1 N–H and O–H groups in total. The van der Waals surface area contributed by atoms with E-state index in [9.17, 15) is 13.2 Å². The Morgan fingerprint density at radius 3 is 2.11 bits per heavy atom. The monoisotopic (exact) mass is 275 g/mol. The topological polar surface area (TPSA) is 21.3 Å². The molecule has 0 aliphatic heterocycles. The molecule has 1 aromatic carbocycles. The van der Waals surface area contributed by atoms with Gasteiger partial charge in [-0.2, -0.15) is 13.2 Å². The summed E-state index contributed by atoms with van der Waals surface area (Å²) in [6.07, 6.45) is -3.57. The minimum Gasteiger partial charge on any atom is -0.379 e. The third-order valence-electron chi connectivity index (χ3n) is 3.10. The molecule has 0 radical (unpaired) electrons. The lowest BCUT2D eigenvalue weighted by molar-refractivity contribution is -0.137. The van der Waals surface area contributed by atoms with E-state index >= 15 is 0 Å². The zero-order valence-corrected chi connectivity index (χ0v) is 11.4. The number of alkyl halides is 3. The highest BCUT2D eigenvalue weighted by Crippen LogP contribution is 2.30. The molecule has 19 heavy (non-hydrogen) atoms. The first-order valence-electron chi connectivity index (χ1n) is 6.37. The zero-order valence-electron chi connectivity index (χ0n) is 11.4. The molecule has 0 aliphatic rings. The molecule has 2 nitrogen and oxygen atoms in total. The van der Waals surface area contributed by atoms with Crippen LogP contribution in [0.3, 0.4) is 0 Å². The molecule has 108 valence electrons. The number of ether oxygens (including phenoxy) is 1. The summed E-state index contributed by atoms with van der Waals surface area (Å²) >= 11 is 0. The van der Waals surface area contributed by atoms with Crippen molar-refractivity contribution in [2.24, 2.45) is 0 Å². The Bertz CT molecular complexity index is 371. The fourth-order valence-electron chi connectivity index (χ4n) is 2.10. The molecule has 1 rings (SSSR count). The molecule has 0 amide bonds. The number of rotatable bonds is 6. The summed E-state index contributed by atoms with van der Waals surface area (Å²) in [7, 11) is 1.61. The Kier molecular flexibility index (Phi) is 5.82. The smallest absolute Gasteiger partial charge is 0.379 e. The van der Waals surface area contributed by atoms with Gasteiger partial charge in [0.25, 0.3) is 0 Å². The largest absolute Gasteiger partial charge is 0.416 e. The molecule has 5 heteroatoms. The molecule has 2 unspecified atom stereocenters. The maximum Gasteiger partial charge on any atom is 0.416 e. The lowest BCUT2D eigenvalue weighted by Crippen LogP contribution is -2.32. The van der Waals surface area contributed by atoms with Gasteiger partial charge >= 0.3 is 6.18 Å². The first-order chi connectivity index (χ1) is 8.93. The number of methoxy groups -OCH3 is 1. The van der Waals surface area contributed by atoms with Crippen LogP contribution in [-0.4, -0.2) is 19.8 Å². The highest BCUT2D eigenvalue weighted by molar-refractivity contribution is 5.27. The highest BCUT2D eigenvalue weighted by Gasteiger charge is 2.30. The van der Waals surface area contributed by atoms with Gasteiger partial charge in [-0.3, -0.25) is 0 Å². The van der Waals surface area contributed by atoms with E-state index in [1.54, 1.807) is 7.11 Å². The van der Waals surface area contributed by atoms with Crippen LogP contribution in [0.5, 0.6) is 0 Å². The molecule has 0 aromatic heterocycles. The fourth-order valence-corrected chi connectivity index (χ4v) is 2.10. The molecule has 0 spiro atoms. The van der Waals surface area contributed by atoms with Crippen molar-refractivity contribution in [1.29, 1.82) is 0 Å². The second kappa shape index (κ2) is 6.91. The molecule has 0 saturated carbocycles. The van der Waals surface area contributed by atoms with Crippen molar-refractivity contribution in [3.63, 3.8) is 0 Å². The van der Waals surface area contributed by atoms with Crippen LogP contribution in [0.25, 0.3) is 0 Å². The lowest BCUT2D eigenvalue weighted by Gasteiger charge is -2.26. The molecule has 0 aliphatic carbocycles. The van der Waals surface area contributed by atoms with E-state index in [1.165, 1.54) is 12.1 Å². The van der Waals surface area contributed by atoms with Crippen molar-refractivity contribution in [3.05, 3.63) is 35.4 Å². The third-order valence-corrected chi connectivity index (χ3v) is 3.10. The second-order valence-corrected chi connectivity index (χ2v) is 4.34.